The lowest BCUT2D eigenvalue weighted by molar-refractivity contribution is 0.231. The molecule has 0 radical (unpaired) electrons. The Kier molecular flexibility index (Phi) is 4.58. The van der Waals surface area contributed by atoms with Crippen molar-refractivity contribution in [1.82, 2.24) is 5.32 Å². The minimum atomic E-state index is 0.233. The summed E-state index contributed by atoms with van der Waals surface area (Å²) < 4.78 is 0. The van der Waals surface area contributed by atoms with E-state index in [0.29, 0.717) is 10.9 Å². The molecule has 1 fully saturated rings. The molecule has 1 N–H and O–H groups in total. The molecule has 0 atom stereocenters. The second-order valence-corrected chi connectivity index (χ2v) is 6.63. The van der Waals surface area contributed by atoms with Gasteiger partial charge in [0.05, 0.1) is 0 Å². The normalized spacial score (nSPS) is 17.8. The van der Waals surface area contributed by atoms with Crippen LogP contribution in [-0.2, 0) is 5.41 Å². The Morgan fingerprint density at radius 1 is 1.28 bits per heavy atom. The first-order valence-electron chi connectivity index (χ1n) is 6.70. The van der Waals surface area contributed by atoms with Gasteiger partial charge in [-0.3, -0.25) is 0 Å². The van der Waals surface area contributed by atoms with Crippen LogP contribution in [0.15, 0.2) is 18.2 Å². The van der Waals surface area contributed by atoms with Gasteiger partial charge in [0, 0.05) is 22.0 Å². The van der Waals surface area contributed by atoms with Crippen molar-refractivity contribution in [2.45, 2.75) is 38.5 Å². The average Bonchev–Trinajstić information content (AvgIpc) is 2.23. The van der Waals surface area contributed by atoms with Crippen LogP contribution in [0.5, 0.6) is 0 Å². The Balaban J connectivity index is 2.11. The van der Waals surface area contributed by atoms with Gasteiger partial charge in [-0.15, -0.1) is 0 Å². The molecule has 1 aromatic rings. The van der Waals surface area contributed by atoms with Gasteiger partial charge in [-0.2, -0.15) is 0 Å². The fourth-order valence-electron chi connectivity index (χ4n) is 2.66. The molecule has 1 aliphatic rings. The van der Waals surface area contributed by atoms with Gasteiger partial charge < -0.3 is 5.32 Å². The van der Waals surface area contributed by atoms with Crippen molar-refractivity contribution in [2.24, 2.45) is 5.92 Å². The smallest absolute Gasteiger partial charge is 0.0458 e. The zero-order valence-electron chi connectivity index (χ0n) is 11.1. The minimum Gasteiger partial charge on any atom is -0.316 e. The number of nitrogens with one attached hydrogen (secondary N) is 1. The maximum absolute atomic E-state index is 6.36. The van der Waals surface area contributed by atoms with Crippen molar-refractivity contribution in [3.05, 3.63) is 33.8 Å². The van der Waals surface area contributed by atoms with Crippen LogP contribution in [0.3, 0.4) is 0 Å². The van der Waals surface area contributed by atoms with E-state index in [2.05, 4.69) is 25.2 Å². The van der Waals surface area contributed by atoms with E-state index in [9.17, 15) is 0 Å². The highest BCUT2D eigenvalue weighted by molar-refractivity contribution is 6.35. The highest BCUT2D eigenvalue weighted by Gasteiger charge is 2.39. The number of hydrogen-bond acceptors (Lipinski definition) is 1. The Morgan fingerprint density at radius 2 is 2.00 bits per heavy atom. The molecular weight excluding hydrogens is 265 g/mol. The number of hydrogen-bond donors (Lipinski definition) is 1. The summed E-state index contributed by atoms with van der Waals surface area (Å²) in [5, 5.41) is 5.11. The van der Waals surface area contributed by atoms with Crippen LogP contribution in [0, 0.1) is 5.92 Å². The highest BCUT2D eigenvalue weighted by Crippen LogP contribution is 2.46. The van der Waals surface area contributed by atoms with E-state index >= 15 is 0 Å². The van der Waals surface area contributed by atoms with Gasteiger partial charge in [0.15, 0.2) is 0 Å². The lowest BCUT2D eigenvalue weighted by Gasteiger charge is -2.43. The summed E-state index contributed by atoms with van der Waals surface area (Å²) in [6, 6.07) is 5.91. The van der Waals surface area contributed by atoms with Gasteiger partial charge >= 0.3 is 0 Å². The summed E-state index contributed by atoms with van der Waals surface area (Å²) in [5.74, 6) is 0.683. The zero-order chi connectivity index (χ0) is 13.2. The molecule has 0 bridgehead atoms. The number of halogens is 2. The highest BCUT2D eigenvalue weighted by atomic mass is 35.5. The summed E-state index contributed by atoms with van der Waals surface area (Å²) in [4.78, 5) is 0. The van der Waals surface area contributed by atoms with Gasteiger partial charge in [0.1, 0.15) is 0 Å². The van der Waals surface area contributed by atoms with Crippen LogP contribution in [0.2, 0.25) is 10.0 Å². The SMILES string of the molecule is CC(C)CNCC1(c2ccc(Cl)cc2Cl)CCC1. The summed E-state index contributed by atoms with van der Waals surface area (Å²) in [7, 11) is 0. The summed E-state index contributed by atoms with van der Waals surface area (Å²) in [5.41, 5.74) is 1.49. The summed E-state index contributed by atoms with van der Waals surface area (Å²) >= 11 is 12.3. The maximum atomic E-state index is 6.36. The van der Waals surface area contributed by atoms with E-state index < -0.39 is 0 Å². The van der Waals surface area contributed by atoms with E-state index in [0.717, 1.165) is 18.1 Å². The van der Waals surface area contributed by atoms with E-state index in [-0.39, 0.29) is 5.41 Å². The first kappa shape index (κ1) is 14.2. The topological polar surface area (TPSA) is 12.0 Å². The molecular formula is C15H21Cl2N. The largest absolute Gasteiger partial charge is 0.316 e. The molecule has 18 heavy (non-hydrogen) atoms. The second-order valence-electron chi connectivity index (χ2n) is 5.78. The van der Waals surface area contributed by atoms with E-state index in [1.54, 1.807) is 0 Å². The van der Waals surface area contributed by atoms with E-state index in [1.807, 2.05) is 12.1 Å². The molecule has 0 amide bonds. The zero-order valence-corrected chi connectivity index (χ0v) is 12.6. The van der Waals surface area contributed by atoms with Gasteiger partial charge in [0.25, 0.3) is 0 Å². The predicted octanol–water partition coefficient (Wildman–Crippen LogP) is 4.66. The van der Waals surface area contributed by atoms with E-state index in [1.165, 1.54) is 24.8 Å². The third-order valence-electron chi connectivity index (χ3n) is 3.83. The fraction of sp³-hybridized carbons (Fsp3) is 0.600. The van der Waals surface area contributed by atoms with E-state index in [4.69, 9.17) is 23.2 Å². The van der Waals surface area contributed by atoms with Crippen molar-refractivity contribution in [3.63, 3.8) is 0 Å². The van der Waals surface area contributed by atoms with Crippen molar-refractivity contribution in [1.29, 1.82) is 0 Å². The molecule has 0 saturated heterocycles. The Morgan fingerprint density at radius 3 is 2.50 bits per heavy atom. The third kappa shape index (κ3) is 3.01. The van der Waals surface area contributed by atoms with Gasteiger partial charge in [0.2, 0.25) is 0 Å². The molecule has 0 aromatic heterocycles. The molecule has 0 unspecified atom stereocenters. The van der Waals surface area contributed by atoms with Crippen LogP contribution < -0.4 is 5.32 Å². The lowest BCUT2D eigenvalue weighted by atomic mass is 9.64. The number of benzene rings is 1. The summed E-state index contributed by atoms with van der Waals surface area (Å²) in [6.45, 7) is 6.55. The van der Waals surface area contributed by atoms with Gasteiger partial charge in [-0.25, -0.2) is 0 Å². The standard InChI is InChI=1S/C15H21Cl2N/c1-11(2)9-18-10-15(6-3-7-15)13-5-4-12(16)8-14(13)17/h4-5,8,11,18H,3,6-7,9-10H2,1-2H3. The molecule has 100 valence electrons. The Bertz CT molecular complexity index is 411. The quantitative estimate of drug-likeness (QED) is 0.830. The maximum Gasteiger partial charge on any atom is 0.0458 e. The van der Waals surface area contributed by atoms with Gasteiger partial charge in [-0.1, -0.05) is 49.5 Å². The molecule has 1 saturated carbocycles. The first-order valence-corrected chi connectivity index (χ1v) is 7.45. The average molecular weight is 286 g/mol. The van der Waals surface area contributed by atoms with Crippen LogP contribution in [0.1, 0.15) is 38.7 Å². The predicted molar refractivity (Wildman–Crippen MR) is 79.7 cm³/mol. The summed E-state index contributed by atoms with van der Waals surface area (Å²) in [6.07, 6.45) is 3.74. The van der Waals surface area contributed by atoms with Crippen molar-refractivity contribution in [2.75, 3.05) is 13.1 Å². The fourth-order valence-corrected chi connectivity index (χ4v) is 3.27. The molecule has 0 aliphatic heterocycles. The Labute approximate surface area is 120 Å². The molecule has 1 nitrogen and oxygen atoms in total. The molecule has 2 rings (SSSR count). The molecule has 3 heteroatoms. The molecule has 1 aliphatic carbocycles. The van der Waals surface area contributed by atoms with Crippen LogP contribution in [-0.4, -0.2) is 13.1 Å². The molecule has 1 aromatic carbocycles. The number of rotatable bonds is 5. The molecule has 0 heterocycles. The Hall–Kier alpha value is -0.240. The van der Waals surface area contributed by atoms with Crippen LogP contribution in [0.4, 0.5) is 0 Å². The monoisotopic (exact) mass is 285 g/mol. The van der Waals surface area contributed by atoms with Crippen molar-refractivity contribution < 1.29 is 0 Å². The first-order chi connectivity index (χ1) is 8.53. The van der Waals surface area contributed by atoms with Crippen molar-refractivity contribution in [3.8, 4) is 0 Å². The molecule has 0 spiro atoms. The van der Waals surface area contributed by atoms with Crippen molar-refractivity contribution >= 4 is 23.2 Å². The van der Waals surface area contributed by atoms with Crippen LogP contribution >= 0.6 is 23.2 Å². The van der Waals surface area contributed by atoms with Gasteiger partial charge in [-0.05, 0) is 43.0 Å². The third-order valence-corrected chi connectivity index (χ3v) is 4.38. The second kappa shape index (κ2) is 5.81. The van der Waals surface area contributed by atoms with Crippen LogP contribution in [0.25, 0.3) is 0 Å². The lowest BCUT2D eigenvalue weighted by Crippen LogP contribution is -2.44. The minimum absolute atomic E-state index is 0.233.